The number of amides is 1. The number of morpholine rings is 1. The van der Waals surface area contributed by atoms with Gasteiger partial charge in [0.25, 0.3) is 11.5 Å². The van der Waals surface area contributed by atoms with Gasteiger partial charge in [-0.25, -0.2) is 4.98 Å². The number of carbonyl (C=O) groups excluding carboxylic acids is 1. The fraction of sp³-hybridized carbons (Fsp3) is 0.286. The first kappa shape index (κ1) is 15.2. The lowest BCUT2D eigenvalue weighted by Gasteiger charge is -2.27. The van der Waals surface area contributed by atoms with Crippen molar-refractivity contribution in [2.45, 2.75) is 0 Å². The molecule has 4 heterocycles. The number of ether oxygens (including phenoxy) is 1. The van der Waals surface area contributed by atoms with Gasteiger partial charge in [0.15, 0.2) is 22.7 Å². The highest BCUT2D eigenvalue weighted by molar-refractivity contribution is 6.02. The summed E-state index contributed by atoms with van der Waals surface area (Å²) in [5.41, 5.74) is 0.147. The zero-order valence-electron chi connectivity index (χ0n) is 13.0. The topological polar surface area (TPSA) is 142 Å². The predicted octanol–water partition coefficient (Wildman–Crippen LogP) is -0.475. The summed E-state index contributed by atoms with van der Waals surface area (Å²) < 4.78 is 5.29. The molecule has 3 N–H and O–H groups in total. The number of fused-ring (bicyclic) bond motifs is 1. The van der Waals surface area contributed by atoms with Gasteiger partial charge in [-0.1, -0.05) is 0 Å². The summed E-state index contributed by atoms with van der Waals surface area (Å²) in [5.74, 6) is 0.150. The summed E-state index contributed by atoms with van der Waals surface area (Å²) in [7, 11) is 0. The molecule has 25 heavy (non-hydrogen) atoms. The van der Waals surface area contributed by atoms with Crippen molar-refractivity contribution < 1.29 is 9.53 Å². The van der Waals surface area contributed by atoms with Gasteiger partial charge in [-0.2, -0.15) is 4.98 Å². The van der Waals surface area contributed by atoms with E-state index in [0.717, 1.165) is 13.1 Å². The number of aromatic nitrogens is 6. The molecule has 1 aliphatic rings. The van der Waals surface area contributed by atoms with E-state index in [0.29, 0.717) is 19.0 Å². The number of hydrogen-bond donors (Lipinski definition) is 3. The summed E-state index contributed by atoms with van der Waals surface area (Å²) in [6, 6.07) is 3.29. The van der Waals surface area contributed by atoms with Gasteiger partial charge in [-0.05, 0) is 12.1 Å². The van der Waals surface area contributed by atoms with E-state index in [9.17, 15) is 9.59 Å². The molecule has 1 amide bonds. The lowest BCUT2D eigenvalue weighted by molar-refractivity contribution is 0.102. The number of imidazole rings is 1. The Labute approximate surface area is 140 Å². The normalized spacial score (nSPS) is 14.6. The van der Waals surface area contributed by atoms with Gasteiger partial charge >= 0.3 is 0 Å². The number of nitrogens with zero attached hydrogens (tertiary/aromatic N) is 5. The van der Waals surface area contributed by atoms with E-state index in [4.69, 9.17) is 4.74 Å². The molecule has 0 atom stereocenters. The molecule has 0 saturated carbocycles. The van der Waals surface area contributed by atoms with Gasteiger partial charge in [0.1, 0.15) is 0 Å². The molecule has 0 aliphatic carbocycles. The molecule has 0 unspecified atom stereocenters. The molecule has 0 bridgehead atoms. The van der Waals surface area contributed by atoms with Crippen molar-refractivity contribution in [2.75, 3.05) is 36.5 Å². The molecule has 1 saturated heterocycles. The minimum Gasteiger partial charge on any atom is -0.378 e. The lowest BCUT2D eigenvalue weighted by Crippen LogP contribution is -2.37. The van der Waals surface area contributed by atoms with Crippen LogP contribution in [0.3, 0.4) is 0 Å². The number of aromatic amines is 2. The molecule has 0 radical (unpaired) electrons. The maximum absolute atomic E-state index is 12.2. The van der Waals surface area contributed by atoms with Crippen LogP contribution in [0.1, 0.15) is 10.5 Å². The molecular formula is C14H14N8O3. The summed E-state index contributed by atoms with van der Waals surface area (Å²) in [5, 5.41) is 10.5. The van der Waals surface area contributed by atoms with Crippen molar-refractivity contribution in [2.24, 2.45) is 0 Å². The Balaban J connectivity index is 1.51. The Hall–Kier alpha value is -3.34. The minimum absolute atomic E-state index is 0.00587. The second-order valence-corrected chi connectivity index (χ2v) is 5.35. The second-order valence-electron chi connectivity index (χ2n) is 5.35. The molecule has 1 fully saturated rings. The lowest BCUT2D eigenvalue weighted by atomic mass is 10.3. The van der Waals surface area contributed by atoms with Gasteiger partial charge in [-0.3, -0.25) is 19.9 Å². The number of carbonyl (C=O) groups is 1. The maximum Gasteiger partial charge on any atom is 0.278 e. The Morgan fingerprint density at radius 3 is 2.84 bits per heavy atom. The molecule has 11 nitrogen and oxygen atoms in total. The monoisotopic (exact) mass is 342 g/mol. The van der Waals surface area contributed by atoms with Crippen LogP contribution in [0.4, 0.5) is 11.8 Å². The van der Waals surface area contributed by atoms with E-state index in [1.807, 2.05) is 4.90 Å². The summed E-state index contributed by atoms with van der Waals surface area (Å²) >= 11 is 0. The van der Waals surface area contributed by atoms with Crippen LogP contribution in [0.25, 0.3) is 11.2 Å². The second kappa shape index (κ2) is 6.28. The van der Waals surface area contributed by atoms with Gasteiger partial charge in [0.05, 0.1) is 19.5 Å². The van der Waals surface area contributed by atoms with Crippen LogP contribution in [0.5, 0.6) is 0 Å². The number of hydrogen-bond acceptors (Lipinski definition) is 8. The highest BCUT2D eigenvalue weighted by Gasteiger charge is 2.15. The van der Waals surface area contributed by atoms with Crippen LogP contribution in [0, 0.1) is 0 Å². The van der Waals surface area contributed by atoms with Gasteiger partial charge in [-0.15, -0.1) is 10.2 Å². The Morgan fingerprint density at radius 2 is 2.08 bits per heavy atom. The van der Waals surface area contributed by atoms with Crippen molar-refractivity contribution in [3.63, 3.8) is 0 Å². The Bertz CT molecular complexity index is 958. The molecule has 3 aromatic heterocycles. The van der Waals surface area contributed by atoms with Crippen LogP contribution in [-0.4, -0.2) is 62.3 Å². The Kier molecular flexibility index (Phi) is 3.82. The van der Waals surface area contributed by atoms with Crippen LogP contribution < -0.4 is 15.8 Å². The molecule has 11 heteroatoms. The van der Waals surface area contributed by atoms with E-state index in [1.165, 1.54) is 6.33 Å². The SMILES string of the molecule is O=C(Nc1nc2nc[nH]c2c(=O)[nH]1)c1ccc(N2CCOCC2)nn1. The third-order valence-electron chi connectivity index (χ3n) is 3.75. The van der Waals surface area contributed by atoms with E-state index >= 15 is 0 Å². The molecule has 3 aromatic rings. The molecule has 0 aromatic carbocycles. The molecule has 4 rings (SSSR count). The number of rotatable bonds is 3. The average molecular weight is 342 g/mol. The fourth-order valence-electron chi connectivity index (χ4n) is 2.48. The van der Waals surface area contributed by atoms with Gasteiger partial charge < -0.3 is 14.6 Å². The van der Waals surface area contributed by atoms with Crippen molar-refractivity contribution in [1.82, 2.24) is 30.1 Å². The highest BCUT2D eigenvalue weighted by atomic mass is 16.5. The Morgan fingerprint density at radius 1 is 1.24 bits per heavy atom. The first-order chi connectivity index (χ1) is 12.2. The third kappa shape index (κ3) is 3.04. The number of H-pyrrole nitrogens is 2. The average Bonchev–Trinajstić information content (AvgIpc) is 3.12. The summed E-state index contributed by atoms with van der Waals surface area (Å²) in [4.78, 5) is 39.2. The van der Waals surface area contributed by atoms with Crippen molar-refractivity contribution in [3.05, 3.63) is 34.5 Å². The van der Waals surface area contributed by atoms with Gasteiger partial charge in [0, 0.05) is 13.1 Å². The van der Waals surface area contributed by atoms with Crippen molar-refractivity contribution in [3.8, 4) is 0 Å². The first-order valence-corrected chi connectivity index (χ1v) is 7.62. The maximum atomic E-state index is 12.2. The van der Waals surface area contributed by atoms with E-state index in [1.54, 1.807) is 12.1 Å². The standard InChI is InChI=1S/C14H14N8O3/c23-12(18-14-17-11-10(13(24)19-14)15-7-16-11)8-1-2-9(21-20-8)22-3-5-25-6-4-22/h1-2,7H,3-6H2,(H3,15,16,17,18,19,23,24). The largest absolute Gasteiger partial charge is 0.378 e. The number of nitrogens with one attached hydrogen (secondary N) is 3. The number of anilines is 2. The van der Waals surface area contributed by atoms with Crippen LogP contribution >= 0.6 is 0 Å². The summed E-state index contributed by atoms with van der Waals surface area (Å²) in [6.45, 7) is 2.74. The highest BCUT2D eigenvalue weighted by Crippen LogP contribution is 2.12. The van der Waals surface area contributed by atoms with Crippen LogP contribution in [-0.2, 0) is 4.74 Å². The van der Waals surface area contributed by atoms with Crippen molar-refractivity contribution >= 4 is 28.8 Å². The summed E-state index contributed by atoms with van der Waals surface area (Å²) in [6.07, 6.45) is 1.36. The van der Waals surface area contributed by atoms with Crippen LogP contribution in [0.15, 0.2) is 23.3 Å². The van der Waals surface area contributed by atoms with Crippen LogP contribution in [0.2, 0.25) is 0 Å². The van der Waals surface area contributed by atoms with Gasteiger partial charge in [0.2, 0.25) is 5.95 Å². The smallest absolute Gasteiger partial charge is 0.278 e. The minimum atomic E-state index is -0.529. The van der Waals surface area contributed by atoms with E-state index in [2.05, 4.69) is 35.5 Å². The predicted molar refractivity (Wildman–Crippen MR) is 87.5 cm³/mol. The molecule has 128 valence electrons. The fourth-order valence-corrected chi connectivity index (χ4v) is 2.48. The van der Waals surface area contributed by atoms with E-state index in [-0.39, 0.29) is 22.8 Å². The van der Waals surface area contributed by atoms with Crippen molar-refractivity contribution in [1.29, 1.82) is 0 Å². The zero-order chi connectivity index (χ0) is 17.2. The zero-order valence-corrected chi connectivity index (χ0v) is 13.0. The van der Waals surface area contributed by atoms with E-state index < -0.39 is 11.5 Å². The molecular weight excluding hydrogens is 328 g/mol. The third-order valence-corrected chi connectivity index (χ3v) is 3.75. The molecule has 0 spiro atoms. The quantitative estimate of drug-likeness (QED) is 0.580. The molecule has 1 aliphatic heterocycles. The first-order valence-electron chi connectivity index (χ1n) is 7.62.